The summed E-state index contributed by atoms with van der Waals surface area (Å²) in [5.41, 5.74) is 9.16. The minimum absolute atomic E-state index is 0.406. The number of para-hydroxylation sites is 1. The van der Waals surface area contributed by atoms with Gasteiger partial charge in [0, 0.05) is 24.7 Å². The van der Waals surface area contributed by atoms with Gasteiger partial charge < -0.3 is 10.6 Å². The molecule has 0 bridgehead atoms. The van der Waals surface area contributed by atoms with E-state index in [9.17, 15) is 0 Å². The highest BCUT2D eigenvalue weighted by atomic mass is 15.4. The number of nitrogens with zero attached hydrogens (tertiary/aromatic N) is 3. The lowest BCUT2D eigenvalue weighted by atomic mass is 10.2. The molecule has 0 atom stereocenters. The number of hydrogen-bond acceptors (Lipinski definition) is 3. The fourth-order valence-corrected chi connectivity index (χ4v) is 2.59. The predicted octanol–water partition coefficient (Wildman–Crippen LogP) is 2.87. The minimum atomic E-state index is 0.406. The maximum Gasteiger partial charge on any atom is 0.137 e. The molecule has 1 aromatic heterocycles. The Hall–Kier alpha value is -1.81. The monoisotopic (exact) mass is 272 g/mol. The molecule has 0 radical (unpaired) electrons. The molecule has 2 aromatic rings. The van der Waals surface area contributed by atoms with Gasteiger partial charge in [-0.15, -0.1) is 0 Å². The van der Waals surface area contributed by atoms with E-state index >= 15 is 0 Å². The minimum Gasteiger partial charge on any atom is -0.354 e. The molecule has 1 heterocycles. The van der Waals surface area contributed by atoms with E-state index < -0.39 is 0 Å². The normalized spacial score (nSPS) is 11.1. The van der Waals surface area contributed by atoms with E-state index in [0.29, 0.717) is 12.6 Å². The van der Waals surface area contributed by atoms with Gasteiger partial charge in [-0.3, -0.25) is 0 Å². The van der Waals surface area contributed by atoms with Crippen molar-refractivity contribution in [3.63, 3.8) is 0 Å². The molecule has 0 saturated carbocycles. The van der Waals surface area contributed by atoms with Crippen molar-refractivity contribution in [3.05, 3.63) is 41.6 Å². The highest BCUT2D eigenvalue weighted by Gasteiger charge is 2.21. The van der Waals surface area contributed by atoms with Crippen molar-refractivity contribution in [3.8, 4) is 5.69 Å². The van der Waals surface area contributed by atoms with Crippen molar-refractivity contribution in [2.75, 3.05) is 11.4 Å². The van der Waals surface area contributed by atoms with Crippen molar-refractivity contribution in [2.45, 2.75) is 40.3 Å². The van der Waals surface area contributed by atoms with E-state index in [4.69, 9.17) is 10.8 Å². The number of hydrogen-bond donors (Lipinski definition) is 1. The lowest BCUT2D eigenvalue weighted by molar-refractivity contribution is 0.670. The Morgan fingerprint density at radius 1 is 1.25 bits per heavy atom. The Balaban J connectivity index is 2.63. The number of nitrogens with two attached hydrogens (primary N) is 1. The zero-order chi connectivity index (χ0) is 14.7. The highest BCUT2D eigenvalue weighted by molar-refractivity contribution is 5.55. The summed E-state index contributed by atoms with van der Waals surface area (Å²) in [5, 5.41) is 4.70. The molecule has 0 aliphatic rings. The molecular formula is C16H24N4. The van der Waals surface area contributed by atoms with Crippen LogP contribution in [0.2, 0.25) is 0 Å². The standard InChI is InChI=1S/C16H24N4/c1-5-19(12(2)3)16-15(11-17)13(4)18-20(16)14-9-7-6-8-10-14/h6-10,12H,5,11,17H2,1-4H3. The Kier molecular flexibility index (Phi) is 4.45. The van der Waals surface area contributed by atoms with Gasteiger partial charge in [0.2, 0.25) is 0 Å². The number of rotatable bonds is 5. The summed E-state index contributed by atoms with van der Waals surface area (Å²) >= 11 is 0. The largest absolute Gasteiger partial charge is 0.354 e. The van der Waals surface area contributed by atoms with Gasteiger partial charge in [0.15, 0.2) is 0 Å². The van der Waals surface area contributed by atoms with Crippen LogP contribution >= 0.6 is 0 Å². The lowest BCUT2D eigenvalue weighted by Crippen LogP contribution is -2.33. The molecule has 0 saturated heterocycles. The van der Waals surface area contributed by atoms with Crippen molar-refractivity contribution >= 4 is 5.82 Å². The van der Waals surface area contributed by atoms with E-state index in [-0.39, 0.29) is 0 Å². The average molecular weight is 272 g/mol. The third-order valence-corrected chi connectivity index (χ3v) is 3.60. The van der Waals surface area contributed by atoms with Crippen molar-refractivity contribution < 1.29 is 0 Å². The summed E-state index contributed by atoms with van der Waals surface area (Å²) < 4.78 is 2.01. The molecule has 4 nitrogen and oxygen atoms in total. The van der Waals surface area contributed by atoms with E-state index in [1.165, 1.54) is 0 Å². The highest BCUT2D eigenvalue weighted by Crippen LogP contribution is 2.28. The summed E-state index contributed by atoms with van der Waals surface area (Å²) in [7, 11) is 0. The van der Waals surface area contributed by atoms with E-state index in [1.54, 1.807) is 0 Å². The van der Waals surface area contributed by atoms with Crippen molar-refractivity contribution in [2.24, 2.45) is 5.73 Å². The third kappa shape index (κ3) is 2.56. The first-order chi connectivity index (χ1) is 9.60. The van der Waals surface area contributed by atoms with Crippen LogP contribution < -0.4 is 10.6 Å². The molecule has 4 heteroatoms. The van der Waals surface area contributed by atoms with Crippen LogP contribution in [-0.2, 0) is 6.54 Å². The van der Waals surface area contributed by atoms with Crippen LogP contribution in [-0.4, -0.2) is 22.4 Å². The lowest BCUT2D eigenvalue weighted by Gasteiger charge is -2.29. The molecule has 20 heavy (non-hydrogen) atoms. The molecule has 2 N–H and O–H groups in total. The second-order valence-corrected chi connectivity index (χ2v) is 5.22. The average Bonchev–Trinajstić information content (AvgIpc) is 2.77. The topological polar surface area (TPSA) is 47.1 Å². The van der Waals surface area contributed by atoms with Crippen LogP contribution in [0.15, 0.2) is 30.3 Å². The second kappa shape index (κ2) is 6.09. The Bertz CT molecular complexity index is 557. The fourth-order valence-electron chi connectivity index (χ4n) is 2.59. The van der Waals surface area contributed by atoms with Crippen LogP contribution in [0.25, 0.3) is 5.69 Å². The number of anilines is 1. The molecule has 0 amide bonds. The molecule has 0 spiro atoms. The van der Waals surface area contributed by atoms with Crippen molar-refractivity contribution in [1.29, 1.82) is 0 Å². The van der Waals surface area contributed by atoms with Gasteiger partial charge in [0.05, 0.1) is 11.4 Å². The first-order valence-electron chi connectivity index (χ1n) is 7.20. The zero-order valence-corrected chi connectivity index (χ0v) is 12.8. The molecule has 2 rings (SSSR count). The van der Waals surface area contributed by atoms with Crippen LogP contribution in [0.1, 0.15) is 32.0 Å². The summed E-state index contributed by atoms with van der Waals surface area (Å²) in [5.74, 6) is 1.12. The van der Waals surface area contributed by atoms with Gasteiger partial charge in [-0.25, -0.2) is 4.68 Å². The van der Waals surface area contributed by atoms with Gasteiger partial charge in [-0.2, -0.15) is 5.10 Å². The number of benzene rings is 1. The van der Waals surface area contributed by atoms with Crippen LogP contribution in [0.3, 0.4) is 0 Å². The van der Waals surface area contributed by atoms with Gasteiger partial charge in [0.1, 0.15) is 5.82 Å². The zero-order valence-electron chi connectivity index (χ0n) is 12.8. The molecule has 0 unspecified atom stereocenters. The molecular weight excluding hydrogens is 248 g/mol. The fraction of sp³-hybridized carbons (Fsp3) is 0.438. The van der Waals surface area contributed by atoms with Crippen LogP contribution in [0.4, 0.5) is 5.82 Å². The Morgan fingerprint density at radius 3 is 2.40 bits per heavy atom. The molecule has 0 fully saturated rings. The molecule has 0 aliphatic heterocycles. The van der Waals surface area contributed by atoms with E-state index in [2.05, 4.69) is 37.8 Å². The Morgan fingerprint density at radius 2 is 1.90 bits per heavy atom. The maximum atomic E-state index is 5.96. The van der Waals surface area contributed by atoms with Gasteiger partial charge in [0.25, 0.3) is 0 Å². The van der Waals surface area contributed by atoms with Crippen molar-refractivity contribution in [1.82, 2.24) is 9.78 Å². The van der Waals surface area contributed by atoms with E-state index in [0.717, 1.165) is 29.3 Å². The third-order valence-electron chi connectivity index (χ3n) is 3.60. The van der Waals surface area contributed by atoms with Crippen LogP contribution in [0, 0.1) is 6.92 Å². The van der Waals surface area contributed by atoms with Gasteiger partial charge >= 0.3 is 0 Å². The SMILES string of the molecule is CCN(c1c(CN)c(C)nn1-c1ccccc1)C(C)C. The molecule has 0 aliphatic carbocycles. The first kappa shape index (κ1) is 14.6. The summed E-state index contributed by atoms with van der Waals surface area (Å²) in [4.78, 5) is 2.34. The molecule has 108 valence electrons. The maximum absolute atomic E-state index is 5.96. The molecule has 1 aromatic carbocycles. The van der Waals surface area contributed by atoms with E-state index in [1.807, 2.05) is 29.8 Å². The first-order valence-corrected chi connectivity index (χ1v) is 7.20. The number of aromatic nitrogens is 2. The Labute approximate surface area is 121 Å². The quantitative estimate of drug-likeness (QED) is 0.910. The second-order valence-electron chi connectivity index (χ2n) is 5.22. The van der Waals surface area contributed by atoms with Gasteiger partial charge in [-0.1, -0.05) is 18.2 Å². The predicted molar refractivity (Wildman–Crippen MR) is 84.3 cm³/mol. The van der Waals surface area contributed by atoms with Crippen LogP contribution in [0.5, 0.6) is 0 Å². The smallest absolute Gasteiger partial charge is 0.137 e. The van der Waals surface area contributed by atoms with Gasteiger partial charge in [-0.05, 0) is 39.8 Å². The number of aryl methyl sites for hydroxylation is 1. The summed E-state index contributed by atoms with van der Waals surface area (Å²) in [6.07, 6.45) is 0. The summed E-state index contributed by atoms with van der Waals surface area (Å²) in [6, 6.07) is 10.6. The summed E-state index contributed by atoms with van der Waals surface area (Å²) in [6.45, 7) is 10.0.